The Bertz CT molecular complexity index is 345. The summed E-state index contributed by atoms with van der Waals surface area (Å²) in [6.45, 7) is 0.881. The number of hydrogen-bond donors (Lipinski definition) is 1. The minimum Gasteiger partial charge on any atom is -0.307 e. The monoisotopic (exact) mass is 193 g/mol. The third-order valence-corrected chi connectivity index (χ3v) is 2.49. The van der Waals surface area contributed by atoms with Crippen LogP contribution in [-0.2, 0) is 0 Å². The molecule has 0 aliphatic carbocycles. The molecule has 1 fully saturated rings. The zero-order valence-electron chi connectivity index (χ0n) is 7.79. The number of nitrogens with one attached hydrogen (secondary N) is 1. The van der Waals surface area contributed by atoms with Crippen molar-refractivity contribution in [1.29, 1.82) is 0 Å². The molecular formula is C11H12FNO. The molecule has 1 aromatic rings. The number of hydrogen-bond acceptors (Lipinski definition) is 2. The molecular weight excluding hydrogens is 181 g/mol. The van der Waals surface area contributed by atoms with Crippen molar-refractivity contribution < 1.29 is 9.18 Å². The normalized spacial score (nSPS) is 21.1. The summed E-state index contributed by atoms with van der Waals surface area (Å²) in [7, 11) is 0. The number of ketones is 1. The zero-order chi connectivity index (χ0) is 9.97. The lowest BCUT2D eigenvalue weighted by Gasteiger charge is -2.08. The van der Waals surface area contributed by atoms with E-state index in [1.165, 1.54) is 12.1 Å². The van der Waals surface area contributed by atoms with Gasteiger partial charge in [0, 0.05) is 5.56 Å². The predicted molar refractivity (Wildman–Crippen MR) is 51.8 cm³/mol. The Morgan fingerprint density at radius 2 is 2.36 bits per heavy atom. The van der Waals surface area contributed by atoms with E-state index in [1.807, 2.05) is 0 Å². The molecule has 1 N–H and O–H groups in total. The molecule has 2 rings (SSSR count). The predicted octanol–water partition coefficient (Wildman–Crippen LogP) is 1.76. The van der Waals surface area contributed by atoms with Gasteiger partial charge in [-0.1, -0.05) is 12.1 Å². The third kappa shape index (κ3) is 1.82. The van der Waals surface area contributed by atoms with E-state index in [-0.39, 0.29) is 17.6 Å². The van der Waals surface area contributed by atoms with Crippen molar-refractivity contribution in [3.63, 3.8) is 0 Å². The fraction of sp³-hybridized carbons (Fsp3) is 0.364. The van der Waals surface area contributed by atoms with Gasteiger partial charge in [0.1, 0.15) is 5.82 Å². The van der Waals surface area contributed by atoms with Gasteiger partial charge in [-0.3, -0.25) is 4.79 Å². The smallest absolute Gasteiger partial charge is 0.179 e. The molecule has 1 atom stereocenters. The van der Waals surface area contributed by atoms with Gasteiger partial charge in [0.25, 0.3) is 0 Å². The van der Waals surface area contributed by atoms with Crippen LogP contribution in [0.1, 0.15) is 23.2 Å². The molecule has 1 aromatic carbocycles. The molecule has 0 aromatic heterocycles. The van der Waals surface area contributed by atoms with Crippen LogP contribution >= 0.6 is 0 Å². The largest absolute Gasteiger partial charge is 0.307 e. The molecule has 3 heteroatoms. The molecule has 2 nitrogen and oxygen atoms in total. The summed E-state index contributed by atoms with van der Waals surface area (Å²) < 4.78 is 12.8. The van der Waals surface area contributed by atoms with Crippen molar-refractivity contribution in [3.05, 3.63) is 35.6 Å². The van der Waals surface area contributed by atoms with Crippen LogP contribution in [0.4, 0.5) is 4.39 Å². The van der Waals surface area contributed by atoms with Gasteiger partial charge in [-0.05, 0) is 31.5 Å². The van der Waals surface area contributed by atoms with Crippen molar-refractivity contribution in [2.75, 3.05) is 6.54 Å². The van der Waals surface area contributed by atoms with E-state index in [4.69, 9.17) is 0 Å². The Hall–Kier alpha value is -1.22. The van der Waals surface area contributed by atoms with Gasteiger partial charge in [0.05, 0.1) is 6.04 Å². The molecule has 74 valence electrons. The standard InChI is InChI=1S/C11H12FNO/c12-9-4-1-3-8(7-9)11(14)10-5-2-6-13-10/h1,3-4,7,10,13H,2,5-6H2/t10-/m0/s1. The van der Waals surface area contributed by atoms with E-state index in [9.17, 15) is 9.18 Å². The van der Waals surface area contributed by atoms with Crippen LogP contribution in [0.3, 0.4) is 0 Å². The van der Waals surface area contributed by atoms with Gasteiger partial charge in [0.2, 0.25) is 0 Å². The summed E-state index contributed by atoms with van der Waals surface area (Å²) in [4.78, 5) is 11.8. The number of carbonyl (C=O) groups is 1. The summed E-state index contributed by atoms with van der Waals surface area (Å²) >= 11 is 0. The second kappa shape index (κ2) is 3.88. The highest BCUT2D eigenvalue weighted by Gasteiger charge is 2.23. The molecule has 0 spiro atoms. The van der Waals surface area contributed by atoms with Crippen LogP contribution in [0.15, 0.2) is 24.3 Å². The molecule has 1 saturated heterocycles. The first kappa shape index (κ1) is 9.34. The second-order valence-electron chi connectivity index (χ2n) is 3.52. The van der Waals surface area contributed by atoms with E-state index in [0.717, 1.165) is 19.4 Å². The van der Waals surface area contributed by atoms with E-state index in [2.05, 4.69) is 5.32 Å². The van der Waals surface area contributed by atoms with Gasteiger partial charge in [-0.25, -0.2) is 4.39 Å². The highest BCUT2D eigenvalue weighted by Crippen LogP contribution is 2.13. The quantitative estimate of drug-likeness (QED) is 0.725. The van der Waals surface area contributed by atoms with Crippen molar-refractivity contribution in [2.45, 2.75) is 18.9 Å². The number of halogens is 1. The third-order valence-electron chi connectivity index (χ3n) is 2.49. The average molecular weight is 193 g/mol. The van der Waals surface area contributed by atoms with Crippen LogP contribution in [0.25, 0.3) is 0 Å². The Kier molecular flexibility index (Phi) is 2.59. The fourth-order valence-corrected chi connectivity index (χ4v) is 1.75. The maximum Gasteiger partial charge on any atom is 0.179 e. The molecule has 14 heavy (non-hydrogen) atoms. The first-order valence-corrected chi connectivity index (χ1v) is 4.80. The van der Waals surface area contributed by atoms with E-state index >= 15 is 0 Å². The highest BCUT2D eigenvalue weighted by molar-refractivity contribution is 6.00. The molecule has 1 aliphatic heterocycles. The summed E-state index contributed by atoms with van der Waals surface area (Å²) in [5.74, 6) is -0.351. The van der Waals surface area contributed by atoms with Crippen molar-refractivity contribution >= 4 is 5.78 Å². The first-order valence-electron chi connectivity index (χ1n) is 4.80. The summed E-state index contributed by atoms with van der Waals surface area (Å²) in [5.41, 5.74) is 0.462. The molecule has 0 unspecified atom stereocenters. The maximum absolute atomic E-state index is 12.8. The summed E-state index contributed by atoms with van der Waals surface area (Å²) in [6.07, 6.45) is 1.88. The van der Waals surface area contributed by atoms with Crippen LogP contribution in [0.2, 0.25) is 0 Å². The topological polar surface area (TPSA) is 29.1 Å². The molecule has 0 amide bonds. The molecule has 1 heterocycles. The van der Waals surface area contributed by atoms with E-state index in [0.29, 0.717) is 5.56 Å². The van der Waals surface area contributed by atoms with Crippen molar-refractivity contribution in [3.8, 4) is 0 Å². The average Bonchev–Trinajstić information content (AvgIpc) is 2.69. The summed E-state index contributed by atoms with van der Waals surface area (Å²) in [6, 6.07) is 5.75. The van der Waals surface area contributed by atoms with Crippen molar-refractivity contribution in [1.82, 2.24) is 5.32 Å². The highest BCUT2D eigenvalue weighted by atomic mass is 19.1. The fourth-order valence-electron chi connectivity index (χ4n) is 1.75. The van der Waals surface area contributed by atoms with Crippen LogP contribution < -0.4 is 5.32 Å². The second-order valence-corrected chi connectivity index (χ2v) is 3.52. The van der Waals surface area contributed by atoms with Gasteiger partial charge >= 0.3 is 0 Å². The van der Waals surface area contributed by atoms with Gasteiger partial charge in [-0.15, -0.1) is 0 Å². The molecule has 0 bridgehead atoms. The number of Topliss-reactive ketones (excluding diaryl/α,β-unsaturated/α-hetero) is 1. The van der Waals surface area contributed by atoms with Crippen LogP contribution in [0, 0.1) is 5.82 Å². The Morgan fingerprint density at radius 1 is 1.50 bits per heavy atom. The lowest BCUT2D eigenvalue weighted by molar-refractivity contribution is 0.0952. The van der Waals surface area contributed by atoms with Crippen molar-refractivity contribution in [2.24, 2.45) is 0 Å². The van der Waals surface area contributed by atoms with E-state index < -0.39 is 0 Å². The van der Waals surface area contributed by atoms with Gasteiger partial charge in [-0.2, -0.15) is 0 Å². The minimum absolute atomic E-state index is 0.00185. The zero-order valence-corrected chi connectivity index (χ0v) is 7.79. The summed E-state index contributed by atoms with van der Waals surface area (Å²) in [5, 5.41) is 3.10. The SMILES string of the molecule is O=C(c1cccc(F)c1)[C@@H]1CCCN1. The first-order chi connectivity index (χ1) is 6.77. The Balaban J connectivity index is 2.17. The lowest BCUT2D eigenvalue weighted by Crippen LogP contribution is -2.30. The number of benzene rings is 1. The number of carbonyl (C=O) groups excluding carboxylic acids is 1. The number of rotatable bonds is 2. The lowest BCUT2D eigenvalue weighted by atomic mass is 10.0. The van der Waals surface area contributed by atoms with E-state index in [1.54, 1.807) is 12.1 Å². The Labute approximate surface area is 82.1 Å². The maximum atomic E-state index is 12.8. The molecule has 1 aliphatic rings. The Morgan fingerprint density at radius 3 is 3.00 bits per heavy atom. The van der Waals surface area contributed by atoms with Crippen LogP contribution in [-0.4, -0.2) is 18.4 Å². The van der Waals surface area contributed by atoms with Gasteiger partial charge < -0.3 is 5.32 Å². The van der Waals surface area contributed by atoms with Crippen LogP contribution in [0.5, 0.6) is 0 Å². The molecule has 0 saturated carbocycles. The minimum atomic E-state index is -0.353. The molecule has 0 radical (unpaired) electrons. The van der Waals surface area contributed by atoms with Gasteiger partial charge in [0.15, 0.2) is 5.78 Å².